The Bertz CT molecular complexity index is 352. The summed E-state index contributed by atoms with van der Waals surface area (Å²) in [5.41, 5.74) is 0.922. The normalized spacial score (nSPS) is 10.8. The molecule has 0 fully saturated rings. The molecule has 1 heterocycles. The van der Waals surface area contributed by atoms with Gasteiger partial charge in [-0.2, -0.15) is 0 Å². The van der Waals surface area contributed by atoms with E-state index >= 15 is 0 Å². The first-order valence-electron chi connectivity index (χ1n) is 6.72. The lowest BCUT2D eigenvalue weighted by molar-refractivity contribution is -0.110. The van der Waals surface area contributed by atoms with Gasteiger partial charge in [-0.1, -0.05) is 49.6 Å². The first-order valence-corrected chi connectivity index (χ1v) is 7.94. The fourth-order valence-corrected chi connectivity index (χ4v) is 2.08. The third-order valence-electron chi connectivity index (χ3n) is 2.89. The number of carbonyl (C=O) groups is 1. The van der Waals surface area contributed by atoms with Crippen LogP contribution in [0.25, 0.3) is 0 Å². The minimum Gasteiger partial charge on any atom is -0.287 e. The second kappa shape index (κ2) is 9.14. The molecule has 1 rings (SSSR count). The van der Waals surface area contributed by atoms with E-state index in [0.717, 1.165) is 18.7 Å². The first-order chi connectivity index (χ1) is 8.76. The minimum atomic E-state index is 0.212. The Kier molecular flexibility index (Phi) is 7.73. The van der Waals surface area contributed by atoms with Gasteiger partial charge in [0.25, 0.3) is 0 Å². The van der Waals surface area contributed by atoms with Crippen LogP contribution in [0.4, 0.5) is 0 Å². The molecule has 102 valence electrons. The molecule has 1 aromatic rings. The molecule has 0 unspecified atom stereocenters. The van der Waals surface area contributed by atoms with Crippen LogP contribution in [0.1, 0.15) is 51.1 Å². The van der Waals surface area contributed by atoms with Crippen molar-refractivity contribution in [1.29, 1.82) is 0 Å². The third-order valence-corrected chi connectivity index (χ3v) is 3.55. The van der Waals surface area contributed by atoms with Gasteiger partial charge in [-0.3, -0.25) is 9.48 Å². The summed E-state index contributed by atoms with van der Waals surface area (Å²) in [5, 5.41) is 8.39. The molecular weight excluding hydrogens is 246 g/mol. The average Bonchev–Trinajstić information content (AvgIpc) is 2.83. The highest BCUT2D eigenvalue weighted by atomic mass is 32.2. The maximum atomic E-state index is 11.2. The minimum absolute atomic E-state index is 0.212. The van der Waals surface area contributed by atoms with E-state index < -0.39 is 0 Å². The molecule has 1 aromatic heterocycles. The zero-order chi connectivity index (χ0) is 13.2. The second-order valence-electron chi connectivity index (χ2n) is 4.46. The lowest BCUT2D eigenvalue weighted by Crippen LogP contribution is -1.98. The van der Waals surface area contributed by atoms with Gasteiger partial charge in [0, 0.05) is 25.6 Å². The van der Waals surface area contributed by atoms with Gasteiger partial charge in [0.2, 0.25) is 0 Å². The maximum absolute atomic E-state index is 11.2. The van der Waals surface area contributed by atoms with Crippen LogP contribution in [0.3, 0.4) is 0 Å². The van der Waals surface area contributed by atoms with Gasteiger partial charge >= 0.3 is 0 Å². The van der Waals surface area contributed by atoms with Gasteiger partial charge in [0.15, 0.2) is 5.12 Å². The van der Waals surface area contributed by atoms with Crippen molar-refractivity contribution in [2.24, 2.45) is 0 Å². The van der Waals surface area contributed by atoms with Crippen LogP contribution >= 0.6 is 11.8 Å². The Hall–Kier alpha value is -0.840. The number of hydrogen-bond acceptors (Lipinski definition) is 4. The van der Waals surface area contributed by atoms with E-state index in [1.54, 1.807) is 0 Å². The van der Waals surface area contributed by atoms with Crippen LogP contribution in [0.2, 0.25) is 0 Å². The predicted molar refractivity (Wildman–Crippen MR) is 75.6 cm³/mol. The van der Waals surface area contributed by atoms with Crippen molar-refractivity contribution in [3.63, 3.8) is 0 Å². The number of aryl methyl sites for hydroxylation is 2. The molecule has 0 aromatic carbocycles. The number of rotatable bonds is 9. The number of carbonyl (C=O) groups excluding carboxylic acids is 1. The number of aromatic nitrogens is 3. The van der Waals surface area contributed by atoms with E-state index in [1.807, 2.05) is 17.1 Å². The van der Waals surface area contributed by atoms with Crippen LogP contribution in [0.15, 0.2) is 6.20 Å². The summed E-state index contributed by atoms with van der Waals surface area (Å²) in [6, 6.07) is 0. The summed E-state index contributed by atoms with van der Waals surface area (Å²) >= 11 is 1.28. The van der Waals surface area contributed by atoms with Crippen molar-refractivity contribution in [3.05, 3.63) is 11.9 Å². The van der Waals surface area contributed by atoms with Gasteiger partial charge in [-0.25, -0.2) is 0 Å². The Labute approximate surface area is 114 Å². The predicted octanol–water partition coefficient (Wildman–Crippen LogP) is 3.07. The quantitative estimate of drug-likeness (QED) is 0.646. The first kappa shape index (κ1) is 15.2. The van der Waals surface area contributed by atoms with Crippen molar-refractivity contribution in [3.8, 4) is 0 Å². The molecule has 0 bridgehead atoms. The van der Waals surface area contributed by atoms with E-state index in [4.69, 9.17) is 0 Å². The van der Waals surface area contributed by atoms with E-state index in [9.17, 15) is 4.79 Å². The lowest BCUT2D eigenvalue weighted by atomic mass is 10.1. The van der Waals surface area contributed by atoms with Crippen molar-refractivity contribution >= 4 is 16.9 Å². The van der Waals surface area contributed by atoms with Crippen molar-refractivity contribution in [1.82, 2.24) is 15.0 Å². The molecule has 0 N–H and O–H groups in total. The smallest absolute Gasteiger partial charge is 0.189 e. The van der Waals surface area contributed by atoms with Crippen molar-refractivity contribution in [2.75, 3.05) is 6.26 Å². The molecular formula is C13H23N3OS. The van der Waals surface area contributed by atoms with E-state index in [1.165, 1.54) is 37.4 Å². The summed E-state index contributed by atoms with van der Waals surface area (Å²) in [6.45, 7) is 3.16. The highest BCUT2D eigenvalue weighted by Crippen LogP contribution is 2.07. The number of nitrogens with zero attached hydrogens (tertiary/aromatic N) is 3. The SMILES string of the molecule is CCCCCCCn1cc(CCC(=O)SC)nn1. The topological polar surface area (TPSA) is 47.8 Å². The fraction of sp³-hybridized carbons (Fsp3) is 0.769. The maximum Gasteiger partial charge on any atom is 0.189 e. The summed E-state index contributed by atoms with van der Waals surface area (Å²) in [5.74, 6) is 0. The van der Waals surface area contributed by atoms with Crippen LogP contribution < -0.4 is 0 Å². The molecule has 0 aliphatic rings. The van der Waals surface area contributed by atoms with E-state index in [-0.39, 0.29) is 5.12 Å². The number of unbranched alkanes of at least 4 members (excludes halogenated alkanes) is 4. The van der Waals surface area contributed by atoms with E-state index in [2.05, 4.69) is 17.2 Å². The monoisotopic (exact) mass is 269 g/mol. The Morgan fingerprint density at radius 2 is 2.11 bits per heavy atom. The fourth-order valence-electron chi connectivity index (χ4n) is 1.77. The Morgan fingerprint density at radius 3 is 2.83 bits per heavy atom. The van der Waals surface area contributed by atoms with Crippen molar-refractivity contribution < 1.29 is 4.79 Å². The molecule has 18 heavy (non-hydrogen) atoms. The van der Waals surface area contributed by atoms with Crippen LogP contribution in [0, 0.1) is 0 Å². The van der Waals surface area contributed by atoms with Crippen molar-refractivity contribution in [2.45, 2.75) is 58.4 Å². The summed E-state index contributed by atoms with van der Waals surface area (Å²) in [6.07, 6.45) is 11.4. The molecule has 0 amide bonds. The molecule has 0 saturated heterocycles. The molecule has 0 atom stereocenters. The Balaban J connectivity index is 2.19. The standard InChI is InChI=1S/C13H23N3OS/c1-3-4-5-6-7-10-16-11-12(14-15-16)8-9-13(17)18-2/h11H,3-10H2,1-2H3. The zero-order valence-electron chi connectivity index (χ0n) is 11.4. The number of hydrogen-bond donors (Lipinski definition) is 0. The molecule has 5 heteroatoms. The zero-order valence-corrected chi connectivity index (χ0v) is 12.2. The largest absolute Gasteiger partial charge is 0.287 e. The van der Waals surface area contributed by atoms with Crippen LogP contribution in [-0.2, 0) is 17.8 Å². The average molecular weight is 269 g/mol. The highest BCUT2D eigenvalue weighted by molar-refractivity contribution is 8.13. The second-order valence-corrected chi connectivity index (χ2v) is 5.33. The molecule has 0 saturated carbocycles. The number of thioether (sulfide) groups is 1. The lowest BCUT2D eigenvalue weighted by Gasteiger charge is -1.99. The third kappa shape index (κ3) is 6.19. The highest BCUT2D eigenvalue weighted by Gasteiger charge is 2.04. The molecule has 0 aliphatic carbocycles. The van der Waals surface area contributed by atoms with Crippen LogP contribution in [0.5, 0.6) is 0 Å². The summed E-state index contributed by atoms with van der Waals surface area (Å²) in [7, 11) is 0. The molecule has 0 aliphatic heterocycles. The molecule has 4 nitrogen and oxygen atoms in total. The summed E-state index contributed by atoms with van der Waals surface area (Å²) in [4.78, 5) is 11.2. The van der Waals surface area contributed by atoms with Gasteiger partial charge in [0.05, 0.1) is 5.69 Å². The van der Waals surface area contributed by atoms with Crippen LogP contribution in [-0.4, -0.2) is 26.4 Å². The molecule has 0 spiro atoms. The van der Waals surface area contributed by atoms with Gasteiger partial charge in [-0.15, -0.1) is 5.10 Å². The molecule has 0 radical (unpaired) electrons. The van der Waals surface area contributed by atoms with Gasteiger partial charge in [0.1, 0.15) is 0 Å². The Morgan fingerprint density at radius 1 is 1.33 bits per heavy atom. The van der Waals surface area contributed by atoms with Gasteiger partial charge in [-0.05, 0) is 12.7 Å². The van der Waals surface area contributed by atoms with E-state index in [0.29, 0.717) is 12.8 Å². The van der Waals surface area contributed by atoms with Gasteiger partial charge < -0.3 is 0 Å². The summed E-state index contributed by atoms with van der Waals surface area (Å²) < 4.78 is 1.89.